The third-order valence-electron chi connectivity index (χ3n) is 7.81. The number of hydrogen-bond donors (Lipinski definition) is 2. The van der Waals surface area contributed by atoms with Crippen molar-refractivity contribution in [3.8, 4) is 0 Å². The van der Waals surface area contributed by atoms with E-state index in [2.05, 4.69) is 59.2 Å². The molecule has 5 aliphatic rings. The van der Waals surface area contributed by atoms with Crippen LogP contribution in [0, 0.1) is 0 Å². The first-order valence-electron chi connectivity index (χ1n) is 10.8. The molecule has 4 heteroatoms. The van der Waals surface area contributed by atoms with Gasteiger partial charge in [0.2, 0.25) is 0 Å². The second-order valence-corrected chi connectivity index (χ2v) is 9.22. The van der Waals surface area contributed by atoms with Crippen LogP contribution in [0.15, 0.2) is 48.5 Å². The van der Waals surface area contributed by atoms with Crippen molar-refractivity contribution < 1.29 is 9.47 Å². The Morgan fingerprint density at radius 2 is 1.14 bits per heavy atom. The number of ether oxygens (including phenoxy) is 2. The van der Waals surface area contributed by atoms with Gasteiger partial charge in [-0.2, -0.15) is 0 Å². The van der Waals surface area contributed by atoms with Crippen LogP contribution in [0.1, 0.15) is 60.0 Å². The van der Waals surface area contributed by atoms with Gasteiger partial charge < -0.3 is 9.47 Å². The first-order chi connectivity index (χ1) is 13.8. The zero-order valence-corrected chi connectivity index (χ0v) is 16.0. The third kappa shape index (κ3) is 1.94. The van der Waals surface area contributed by atoms with Gasteiger partial charge >= 0.3 is 0 Å². The molecule has 7 rings (SSSR count). The Hall–Kier alpha value is -1.72. The van der Waals surface area contributed by atoms with Crippen LogP contribution in [0.25, 0.3) is 0 Å². The highest BCUT2D eigenvalue weighted by Crippen LogP contribution is 2.55. The van der Waals surface area contributed by atoms with Gasteiger partial charge in [-0.1, -0.05) is 48.5 Å². The molecule has 0 aromatic heterocycles. The lowest BCUT2D eigenvalue weighted by Gasteiger charge is -2.49. The first-order valence-corrected chi connectivity index (χ1v) is 10.8. The summed E-state index contributed by atoms with van der Waals surface area (Å²) in [4.78, 5) is 0. The summed E-state index contributed by atoms with van der Waals surface area (Å²) in [6, 6.07) is 18.1. The molecule has 0 bridgehead atoms. The molecule has 2 aromatic carbocycles. The van der Waals surface area contributed by atoms with Crippen LogP contribution >= 0.6 is 0 Å². The number of fused-ring (bicyclic) bond motifs is 7. The van der Waals surface area contributed by atoms with Crippen LogP contribution in [0.5, 0.6) is 0 Å². The minimum Gasteiger partial charge on any atom is -0.350 e. The molecule has 2 N–H and O–H groups in total. The Morgan fingerprint density at radius 1 is 0.679 bits per heavy atom. The van der Waals surface area contributed by atoms with Crippen LogP contribution < -0.4 is 10.6 Å². The fourth-order valence-electron chi connectivity index (χ4n) is 6.60. The van der Waals surface area contributed by atoms with Crippen molar-refractivity contribution in [1.29, 1.82) is 0 Å². The highest BCUT2D eigenvalue weighted by atomic mass is 16.6. The fourth-order valence-corrected chi connectivity index (χ4v) is 6.60. The van der Waals surface area contributed by atoms with Gasteiger partial charge in [0.25, 0.3) is 0 Å². The first kappa shape index (κ1) is 16.1. The fraction of sp³-hybridized carbons (Fsp3) is 0.500. The molecule has 3 aliphatic carbocycles. The van der Waals surface area contributed by atoms with Crippen LogP contribution in [0.2, 0.25) is 0 Å². The van der Waals surface area contributed by atoms with E-state index in [0.717, 1.165) is 25.7 Å². The van der Waals surface area contributed by atoms with Crippen molar-refractivity contribution in [2.24, 2.45) is 0 Å². The molecule has 2 aromatic rings. The van der Waals surface area contributed by atoms with Gasteiger partial charge in [0.15, 0.2) is 11.4 Å². The molecule has 1 saturated carbocycles. The quantitative estimate of drug-likeness (QED) is 0.740. The molecular formula is C24H26N2O2. The Kier molecular flexibility index (Phi) is 3.14. The lowest BCUT2D eigenvalue weighted by molar-refractivity contribution is -0.230. The number of rotatable bonds is 0. The standard InChI is InChI=1S/C24H26N2O2/c1-3-9-17-15(7-1)13-19-21(17)25-23(27-19)11-5-6-12-24(23)26-22-18-10-4-2-8-16(18)14-20(22)28-24/h1-4,7-10,19-22,25-26H,5-6,11-14H2/t19-,20-,21+,22+,23-,24-/m0/s1. The largest absolute Gasteiger partial charge is 0.350 e. The monoisotopic (exact) mass is 374 g/mol. The second kappa shape index (κ2) is 5.45. The van der Waals surface area contributed by atoms with Gasteiger partial charge in [-0.25, -0.2) is 0 Å². The van der Waals surface area contributed by atoms with Crippen LogP contribution in [-0.4, -0.2) is 23.7 Å². The maximum Gasteiger partial charge on any atom is 0.163 e. The summed E-state index contributed by atoms with van der Waals surface area (Å²) < 4.78 is 13.8. The van der Waals surface area contributed by atoms with Crippen LogP contribution in [0.4, 0.5) is 0 Å². The molecule has 4 nitrogen and oxygen atoms in total. The predicted molar refractivity (Wildman–Crippen MR) is 106 cm³/mol. The molecule has 0 unspecified atom stereocenters. The number of nitrogens with one attached hydrogen (secondary N) is 2. The molecule has 3 fully saturated rings. The highest BCUT2D eigenvalue weighted by Gasteiger charge is 2.66. The van der Waals surface area contributed by atoms with Crippen molar-refractivity contribution in [2.45, 2.75) is 74.3 Å². The average molecular weight is 374 g/mol. The summed E-state index contributed by atoms with van der Waals surface area (Å²) in [6.45, 7) is 0. The molecule has 0 amide bonds. The average Bonchev–Trinajstić information content (AvgIpc) is 3.41. The Labute approximate surface area is 165 Å². The van der Waals surface area contributed by atoms with Gasteiger partial charge in [0.1, 0.15) is 0 Å². The van der Waals surface area contributed by atoms with Crippen molar-refractivity contribution in [2.75, 3.05) is 0 Å². The van der Waals surface area contributed by atoms with Crippen LogP contribution in [-0.2, 0) is 22.3 Å². The minimum atomic E-state index is -0.423. The van der Waals surface area contributed by atoms with E-state index in [-0.39, 0.29) is 24.3 Å². The second-order valence-electron chi connectivity index (χ2n) is 9.22. The highest BCUT2D eigenvalue weighted by molar-refractivity contribution is 5.40. The number of hydrogen-bond acceptors (Lipinski definition) is 4. The summed E-state index contributed by atoms with van der Waals surface area (Å²) in [5, 5.41) is 7.92. The summed E-state index contributed by atoms with van der Waals surface area (Å²) in [5.74, 6) is 0. The summed E-state index contributed by atoms with van der Waals surface area (Å²) in [6.07, 6.45) is 6.82. The Balaban J connectivity index is 1.26. The molecule has 6 atom stereocenters. The van der Waals surface area contributed by atoms with Gasteiger partial charge in [-0.05, 0) is 47.9 Å². The van der Waals surface area contributed by atoms with E-state index in [1.165, 1.54) is 35.1 Å². The maximum absolute atomic E-state index is 6.89. The SMILES string of the molecule is c1ccc2c(c1)C[C@@H]1O[C@]3(CCCC[C@@]34N[C@@H]3c5ccccc5C[C@@H]3O4)N[C@H]21. The molecule has 0 radical (unpaired) electrons. The molecule has 28 heavy (non-hydrogen) atoms. The lowest BCUT2D eigenvalue weighted by atomic mass is 9.82. The third-order valence-corrected chi connectivity index (χ3v) is 7.81. The van der Waals surface area contributed by atoms with E-state index in [1.807, 2.05) is 0 Å². The molecular weight excluding hydrogens is 348 g/mol. The Bertz CT molecular complexity index is 884. The van der Waals surface area contributed by atoms with E-state index in [9.17, 15) is 0 Å². The molecule has 2 saturated heterocycles. The lowest BCUT2D eigenvalue weighted by Crippen LogP contribution is -2.68. The number of benzene rings is 2. The zero-order valence-electron chi connectivity index (χ0n) is 16.0. The van der Waals surface area contributed by atoms with Gasteiger partial charge in [-0.15, -0.1) is 0 Å². The minimum absolute atomic E-state index is 0.213. The van der Waals surface area contributed by atoms with Crippen molar-refractivity contribution >= 4 is 0 Å². The van der Waals surface area contributed by atoms with E-state index >= 15 is 0 Å². The predicted octanol–water partition coefficient (Wildman–Crippen LogP) is 3.52. The van der Waals surface area contributed by atoms with Crippen LogP contribution in [0.3, 0.4) is 0 Å². The smallest absolute Gasteiger partial charge is 0.163 e. The van der Waals surface area contributed by atoms with Gasteiger partial charge in [0.05, 0.1) is 24.3 Å². The molecule has 144 valence electrons. The van der Waals surface area contributed by atoms with Gasteiger partial charge in [-0.3, -0.25) is 10.6 Å². The normalized spacial score (nSPS) is 42.6. The van der Waals surface area contributed by atoms with E-state index in [0.29, 0.717) is 0 Å². The summed E-state index contributed by atoms with van der Waals surface area (Å²) in [5.41, 5.74) is 4.83. The molecule has 2 heterocycles. The maximum atomic E-state index is 6.89. The van der Waals surface area contributed by atoms with E-state index in [1.54, 1.807) is 0 Å². The topological polar surface area (TPSA) is 42.5 Å². The van der Waals surface area contributed by atoms with Crippen molar-refractivity contribution in [3.05, 3.63) is 70.8 Å². The van der Waals surface area contributed by atoms with E-state index < -0.39 is 11.4 Å². The Morgan fingerprint density at radius 3 is 1.64 bits per heavy atom. The van der Waals surface area contributed by atoms with Gasteiger partial charge in [0, 0.05) is 12.8 Å². The van der Waals surface area contributed by atoms with Crippen molar-refractivity contribution in [3.63, 3.8) is 0 Å². The zero-order chi connectivity index (χ0) is 18.3. The van der Waals surface area contributed by atoms with Crippen molar-refractivity contribution in [1.82, 2.24) is 10.6 Å². The summed E-state index contributed by atoms with van der Waals surface area (Å²) >= 11 is 0. The molecule has 2 aliphatic heterocycles. The van der Waals surface area contributed by atoms with E-state index in [4.69, 9.17) is 9.47 Å². The molecule has 2 spiro atoms. The summed E-state index contributed by atoms with van der Waals surface area (Å²) in [7, 11) is 0.